The molecule has 0 N–H and O–H groups in total. The van der Waals surface area contributed by atoms with Crippen LogP contribution in [-0.2, 0) is 7.05 Å². The molecule has 0 aliphatic heterocycles. The topological polar surface area (TPSA) is 74.4 Å². The molecule has 0 unspecified atom stereocenters. The molecule has 3 aromatic rings. The molecular weight excluding hydrogens is 438 g/mol. The normalized spacial score (nSPS) is 19.8. The molecule has 182 valence electrons. The van der Waals surface area contributed by atoms with E-state index in [0.29, 0.717) is 23.3 Å². The van der Waals surface area contributed by atoms with Crippen LogP contribution in [0.15, 0.2) is 47.3 Å². The summed E-state index contributed by atoms with van der Waals surface area (Å²) in [5, 5.41) is 9.37. The number of methoxy groups -OCH3 is 1. The molecule has 2 aliphatic rings. The van der Waals surface area contributed by atoms with Crippen LogP contribution >= 0.6 is 0 Å². The Kier molecular flexibility index (Phi) is 6.38. The van der Waals surface area contributed by atoms with E-state index < -0.39 is 0 Å². The smallest absolute Gasteiger partial charge is 0.252 e. The van der Waals surface area contributed by atoms with Crippen molar-refractivity contribution in [3.63, 3.8) is 0 Å². The van der Waals surface area contributed by atoms with Gasteiger partial charge in [-0.3, -0.25) is 4.79 Å². The van der Waals surface area contributed by atoms with Crippen LogP contribution in [0.5, 0.6) is 5.75 Å². The first-order valence-electron chi connectivity index (χ1n) is 12.5. The van der Waals surface area contributed by atoms with Crippen molar-refractivity contribution in [2.45, 2.75) is 50.6 Å². The predicted octanol–water partition coefficient (Wildman–Crippen LogP) is 4.48. The third-order valence-electron chi connectivity index (χ3n) is 7.75. The molecule has 7 heteroatoms. The number of hydrogen-bond acceptors (Lipinski definition) is 6. The molecule has 0 saturated heterocycles. The van der Waals surface area contributed by atoms with Gasteiger partial charge < -0.3 is 19.1 Å². The summed E-state index contributed by atoms with van der Waals surface area (Å²) in [6.45, 7) is 1.11. The molecule has 0 radical (unpaired) electrons. The fourth-order valence-electron chi connectivity index (χ4n) is 5.43. The predicted molar refractivity (Wildman–Crippen MR) is 139 cm³/mol. The highest BCUT2D eigenvalue weighted by atomic mass is 16.5. The SMILES string of the molecule is COc1cccc(N(CC2CC2)[C@H]2CC[C@H](N(C)c3cc(=O)n(C)c4ccc(C#N)nc34)CC2)c1. The van der Waals surface area contributed by atoms with Crippen molar-refractivity contribution in [3.8, 4) is 11.8 Å². The Morgan fingerprint density at radius 2 is 1.83 bits per heavy atom. The van der Waals surface area contributed by atoms with Crippen LogP contribution in [0.2, 0.25) is 0 Å². The summed E-state index contributed by atoms with van der Waals surface area (Å²) in [5.74, 6) is 1.70. The van der Waals surface area contributed by atoms with E-state index in [1.165, 1.54) is 18.5 Å². The Labute approximate surface area is 206 Å². The van der Waals surface area contributed by atoms with E-state index in [2.05, 4.69) is 46.1 Å². The number of ether oxygens (including phenoxy) is 1. The molecule has 7 nitrogen and oxygen atoms in total. The highest BCUT2D eigenvalue weighted by Crippen LogP contribution is 2.37. The van der Waals surface area contributed by atoms with Crippen LogP contribution in [0.4, 0.5) is 11.4 Å². The van der Waals surface area contributed by atoms with Crippen LogP contribution in [0.1, 0.15) is 44.2 Å². The number of nitriles is 1. The van der Waals surface area contributed by atoms with Gasteiger partial charge in [-0.15, -0.1) is 0 Å². The van der Waals surface area contributed by atoms with E-state index in [-0.39, 0.29) is 5.56 Å². The first kappa shape index (κ1) is 23.2. The molecule has 35 heavy (non-hydrogen) atoms. The van der Waals surface area contributed by atoms with Crippen LogP contribution in [-0.4, -0.2) is 42.3 Å². The standard InChI is InChI=1S/C28H33N5O2/c1-31(26-16-27(34)32(2)25-14-9-20(17-29)30-28(25)26)21-10-12-22(13-11-21)33(18-19-7-8-19)23-5-4-6-24(15-23)35-3/h4-6,9,14-16,19,21-22H,7-8,10-13,18H2,1-3H3/t21-,22-. The zero-order chi connectivity index (χ0) is 24.5. The lowest BCUT2D eigenvalue weighted by Gasteiger charge is -2.41. The number of pyridine rings is 2. The third-order valence-corrected chi connectivity index (χ3v) is 7.75. The van der Waals surface area contributed by atoms with Crippen LogP contribution in [0, 0.1) is 17.2 Å². The van der Waals surface area contributed by atoms with E-state index in [0.717, 1.165) is 55.1 Å². The molecule has 0 atom stereocenters. The summed E-state index contributed by atoms with van der Waals surface area (Å²) < 4.78 is 7.09. The summed E-state index contributed by atoms with van der Waals surface area (Å²) in [4.78, 5) is 22.1. The molecule has 2 aromatic heterocycles. The fraction of sp³-hybridized carbons (Fsp3) is 0.464. The summed E-state index contributed by atoms with van der Waals surface area (Å²) in [5.41, 5.74) is 3.82. The monoisotopic (exact) mass is 471 g/mol. The Bertz CT molecular complexity index is 1320. The Balaban J connectivity index is 1.37. The van der Waals surface area contributed by atoms with Gasteiger partial charge in [-0.25, -0.2) is 4.98 Å². The van der Waals surface area contributed by atoms with Gasteiger partial charge in [-0.1, -0.05) is 6.07 Å². The van der Waals surface area contributed by atoms with Crippen molar-refractivity contribution in [1.29, 1.82) is 5.26 Å². The molecule has 2 aliphatic carbocycles. The average molecular weight is 472 g/mol. The van der Waals surface area contributed by atoms with Crippen molar-refractivity contribution in [2.24, 2.45) is 13.0 Å². The van der Waals surface area contributed by atoms with E-state index >= 15 is 0 Å². The number of hydrogen-bond donors (Lipinski definition) is 0. The molecule has 1 aromatic carbocycles. The second kappa shape index (κ2) is 9.61. The molecule has 2 saturated carbocycles. The van der Waals surface area contributed by atoms with Crippen molar-refractivity contribution < 1.29 is 4.74 Å². The minimum Gasteiger partial charge on any atom is -0.497 e. The number of benzene rings is 1. The second-order valence-electron chi connectivity index (χ2n) is 9.97. The summed E-state index contributed by atoms with van der Waals surface area (Å²) in [6, 6.07) is 16.5. The summed E-state index contributed by atoms with van der Waals surface area (Å²) in [7, 11) is 5.53. The van der Waals surface area contributed by atoms with Crippen molar-refractivity contribution in [3.05, 3.63) is 58.5 Å². The van der Waals surface area contributed by atoms with Gasteiger partial charge in [-0.05, 0) is 68.7 Å². The lowest BCUT2D eigenvalue weighted by Crippen LogP contribution is -2.44. The first-order chi connectivity index (χ1) is 17.0. The number of fused-ring (bicyclic) bond motifs is 1. The van der Waals surface area contributed by atoms with Crippen LogP contribution in [0.25, 0.3) is 11.0 Å². The fourth-order valence-corrected chi connectivity index (χ4v) is 5.43. The van der Waals surface area contributed by atoms with Gasteiger partial charge in [-0.2, -0.15) is 5.26 Å². The maximum absolute atomic E-state index is 12.7. The summed E-state index contributed by atoms with van der Waals surface area (Å²) >= 11 is 0. The number of aryl methyl sites for hydroxylation is 1. The number of aromatic nitrogens is 2. The number of nitrogens with zero attached hydrogens (tertiary/aromatic N) is 5. The minimum atomic E-state index is -0.0619. The van der Waals surface area contributed by atoms with Gasteiger partial charge in [0.25, 0.3) is 5.56 Å². The van der Waals surface area contributed by atoms with Gasteiger partial charge in [0.05, 0.1) is 18.3 Å². The Morgan fingerprint density at radius 1 is 1.09 bits per heavy atom. The average Bonchev–Trinajstić information content (AvgIpc) is 3.73. The largest absolute Gasteiger partial charge is 0.497 e. The van der Waals surface area contributed by atoms with E-state index in [1.807, 2.05) is 12.1 Å². The molecule has 0 amide bonds. The van der Waals surface area contributed by atoms with E-state index in [9.17, 15) is 10.1 Å². The minimum absolute atomic E-state index is 0.0619. The zero-order valence-electron chi connectivity index (χ0n) is 20.8. The van der Waals surface area contributed by atoms with Gasteiger partial charge in [0.15, 0.2) is 0 Å². The van der Waals surface area contributed by atoms with Crippen molar-refractivity contribution >= 4 is 22.4 Å². The van der Waals surface area contributed by atoms with Gasteiger partial charge in [0, 0.05) is 50.5 Å². The second-order valence-corrected chi connectivity index (χ2v) is 9.97. The lowest BCUT2D eigenvalue weighted by molar-refractivity contribution is 0.364. The number of anilines is 2. The van der Waals surface area contributed by atoms with Crippen LogP contribution in [0.3, 0.4) is 0 Å². The third kappa shape index (κ3) is 4.70. The molecular formula is C28H33N5O2. The molecule has 5 rings (SSSR count). The van der Waals surface area contributed by atoms with Gasteiger partial charge >= 0.3 is 0 Å². The van der Waals surface area contributed by atoms with Gasteiger partial charge in [0.2, 0.25) is 0 Å². The zero-order valence-corrected chi connectivity index (χ0v) is 20.8. The highest BCUT2D eigenvalue weighted by molar-refractivity contribution is 5.88. The van der Waals surface area contributed by atoms with Crippen molar-refractivity contribution in [1.82, 2.24) is 9.55 Å². The number of rotatable bonds is 7. The van der Waals surface area contributed by atoms with Crippen LogP contribution < -0.4 is 20.1 Å². The van der Waals surface area contributed by atoms with E-state index in [1.54, 1.807) is 30.9 Å². The maximum atomic E-state index is 12.7. The summed E-state index contributed by atoms with van der Waals surface area (Å²) in [6.07, 6.45) is 6.93. The molecule has 0 bridgehead atoms. The Hall–Kier alpha value is -3.53. The van der Waals surface area contributed by atoms with E-state index in [4.69, 9.17) is 4.74 Å². The lowest BCUT2D eigenvalue weighted by atomic mass is 9.88. The maximum Gasteiger partial charge on any atom is 0.252 e. The quantitative estimate of drug-likeness (QED) is 0.506. The molecule has 0 spiro atoms. The first-order valence-corrected chi connectivity index (χ1v) is 12.5. The Morgan fingerprint density at radius 3 is 2.51 bits per heavy atom. The highest BCUT2D eigenvalue weighted by Gasteiger charge is 2.32. The van der Waals surface area contributed by atoms with Crippen molar-refractivity contribution in [2.75, 3.05) is 30.5 Å². The molecule has 2 heterocycles. The molecule has 2 fully saturated rings. The van der Waals surface area contributed by atoms with Gasteiger partial charge in [0.1, 0.15) is 23.0 Å².